The van der Waals surface area contributed by atoms with Crippen LogP contribution in [0.1, 0.15) is 26.7 Å². The van der Waals surface area contributed by atoms with Crippen molar-refractivity contribution in [1.29, 1.82) is 0 Å². The van der Waals surface area contributed by atoms with Gasteiger partial charge in [0.1, 0.15) is 6.04 Å². The summed E-state index contributed by atoms with van der Waals surface area (Å²) in [6.45, 7) is 3.25. The molecule has 0 aliphatic carbocycles. The molecule has 2 heterocycles. The molecular weight excluding hydrogens is 298 g/mol. The Morgan fingerprint density at radius 2 is 2.19 bits per heavy atom. The van der Waals surface area contributed by atoms with Crippen molar-refractivity contribution >= 4 is 35.6 Å². The summed E-state index contributed by atoms with van der Waals surface area (Å²) in [5.41, 5.74) is 4.82. The second kappa shape index (κ2) is 5.55. The van der Waals surface area contributed by atoms with Crippen LogP contribution in [0.4, 0.5) is 4.79 Å². The molecule has 2 saturated heterocycles. The summed E-state index contributed by atoms with van der Waals surface area (Å²) in [6.07, 6.45) is -0.0530. The van der Waals surface area contributed by atoms with Gasteiger partial charge < -0.3 is 15.4 Å². The van der Waals surface area contributed by atoms with Crippen molar-refractivity contribution in [3.05, 3.63) is 0 Å². The van der Waals surface area contributed by atoms with Gasteiger partial charge in [-0.1, -0.05) is 0 Å². The predicted octanol–water partition coefficient (Wildman–Crippen LogP) is -0.433. The molecular formula is C12H17N3O5S. The zero-order valence-corrected chi connectivity index (χ0v) is 12.6. The highest BCUT2D eigenvalue weighted by atomic mass is 32.2. The molecule has 0 bridgehead atoms. The fourth-order valence-electron chi connectivity index (χ4n) is 2.52. The summed E-state index contributed by atoms with van der Waals surface area (Å²) in [6, 6.07) is -1.71. The van der Waals surface area contributed by atoms with Crippen molar-refractivity contribution in [3.8, 4) is 0 Å². The molecule has 2 aliphatic rings. The maximum Gasteiger partial charge on any atom is 0.330 e. The van der Waals surface area contributed by atoms with Crippen LogP contribution < -0.4 is 11.1 Å². The average Bonchev–Trinajstić information content (AvgIpc) is 2.86. The van der Waals surface area contributed by atoms with Crippen LogP contribution in [0.15, 0.2) is 0 Å². The number of nitrogens with one attached hydrogen (secondary N) is 1. The number of thioether (sulfide) groups is 1. The number of rotatable bonds is 3. The molecule has 116 valence electrons. The molecule has 0 aromatic heterocycles. The molecule has 0 aromatic rings. The lowest BCUT2D eigenvalue weighted by atomic mass is 10.2. The Bertz CT molecular complexity index is 511. The number of carbonyl (C=O) groups excluding carboxylic acids is 4. The van der Waals surface area contributed by atoms with Gasteiger partial charge in [0.15, 0.2) is 6.10 Å². The Morgan fingerprint density at radius 3 is 2.81 bits per heavy atom. The van der Waals surface area contributed by atoms with Crippen LogP contribution in [0.25, 0.3) is 0 Å². The van der Waals surface area contributed by atoms with Gasteiger partial charge >= 0.3 is 12.0 Å². The van der Waals surface area contributed by atoms with Crippen molar-refractivity contribution in [2.75, 3.05) is 5.75 Å². The van der Waals surface area contributed by atoms with Crippen molar-refractivity contribution in [2.24, 2.45) is 5.73 Å². The van der Waals surface area contributed by atoms with E-state index in [0.717, 1.165) is 0 Å². The SMILES string of the molecule is C[C@@H](OC(=O)[C@@H]1CS[C@@]2(C)CCC(=O)N12)C(=O)NC(N)=O. The zero-order valence-electron chi connectivity index (χ0n) is 11.8. The summed E-state index contributed by atoms with van der Waals surface area (Å²) in [4.78, 5) is 47.3. The number of fused-ring (bicyclic) bond motifs is 1. The minimum Gasteiger partial charge on any atom is -0.451 e. The van der Waals surface area contributed by atoms with Gasteiger partial charge in [0, 0.05) is 12.2 Å². The molecule has 9 heteroatoms. The lowest BCUT2D eigenvalue weighted by Gasteiger charge is -2.29. The second-order valence-electron chi connectivity index (χ2n) is 5.20. The van der Waals surface area contributed by atoms with Crippen LogP contribution in [0.2, 0.25) is 0 Å². The lowest BCUT2D eigenvalue weighted by molar-refractivity contribution is -0.161. The first-order chi connectivity index (χ1) is 9.74. The highest BCUT2D eigenvalue weighted by Crippen LogP contribution is 2.47. The standard InChI is InChI=1S/C12H17N3O5S/c1-6(9(17)14-11(13)19)20-10(18)7-5-21-12(2)4-3-8(16)15(7)12/h6-7H,3-5H2,1-2H3,(H3,13,14,17,19)/t6-,7+,12+/m1/s1. The average molecular weight is 315 g/mol. The molecule has 2 rings (SSSR count). The maximum atomic E-state index is 12.2. The molecule has 3 atom stereocenters. The number of esters is 1. The van der Waals surface area contributed by atoms with Crippen LogP contribution in [-0.2, 0) is 19.1 Å². The third-order valence-electron chi connectivity index (χ3n) is 3.63. The fraction of sp³-hybridized carbons (Fsp3) is 0.667. The molecule has 8 nitrogen and oxygen atoms in total. The molecule has 0 spiro atoms. The summed E-state index contributed by atoms with van der Waals surface area (Å²) < 4.78 is 5.03. The number of imide groups is 1. The maximum absolute atomic E-state index is 12.2. The van der Waals surface area contributed by atoms with Gasteiger partial charge in [0.25, 0.3) is 5.91 Å². The second-order valence-corrected chi connectivity index (χ2v) is 6.70. The molecule has 2 aliphatic heterocycles. The first kappa shape index (κ1) is 15.6. The molecule has 0 unspecified atom stereocenters. The van der Waals surface area contributed by atoms with Crippen LogP contribution in [-0.4, -0.2) is 51.5 Å². The number of ether oxygens (including phenoxy) is 1. The highest BCUT2D eigenvalue weighted by molar-refractivity contribution is 8.01. The molecule has 4 amide bonds. The van der Waals surface area contributed by atoms with E-state index in [-0.39, 0.29) is 10.8 Å². The van der Waals surface area contributed by atoms with E-state index in [1.54, 1.807) is 4.90 Å². The van der Waals surface area contributed by atoms with Crippen molar-refractivity contribution in [3.63, 3.8) is 0 Å². The van der Waals surface area contributed by atoms with E-state index in [1.165, 1.54) is 18.7 Å². The van der Waals surface area contributed by atoms with Crippen molar-refractivity contribution < 1.29 is 23.9 Å². The van der Waals surface area contributed by atoms with Gasteiger partial charge in [-0.25, -0.2) is 9.59 Å². The van der Waals surface area contributed by atoms with Gasteiger partial charge in [-0.2, -0.15) is 0 Å². The van der Waals surface area contributed by atoms with E-state index in [0.29, 0.717) is 18.6 Å². The Morgan fingerprint density at radius 1 is 1.52 bits per heavy atom. The topological polar surface area (TPSA) is 119 Å². The van der Waals surface area contributed by atoms with E-state index >= 15 is 0 Å². The van der Waals surface area contributed by atoms with E-state index in [2.05, 4.69) is 0 Å². The molecule has 2 fully saturated rings. The number of carbonyl (C=O) groups is 4. The van der Waals surface area contributed by atoms with Crippen LogP contribution in [0, 0.1) is 0 Å². The number of primary amides is 1. The smallest absolute Gasteiger partial charge is 0.330 e. The highest BCUT2D eigenvalue weighted by Gasteiger charge is 2.53. The summed E-state index contributed by atoms with van der Waals surface area (Å²) >= 11 is 1.53. The Hall–Kier alpha value is -1.77. The minimum absolute atomic E-state index is 0.0845. The Labute approximate surface area is 125 Å². The van der Waals surface area contributed by atoms with Crippen molar-refractivity contribution in [2.45, 2.75) is 43.7 Å². The summed E-state index contributed by atoms with van der Waals surface area (Å²) in [7, 11) is 0. The fourth-order valence-corrected chi connectivity index (χ4v) is 3.94. The molecule has 3 N–H and O–H groups in total. The van der Waals surface area contributed by atoms with E-state index in [4.69, 9.17) is 10.5 Å². The Kier molecular flexibility index (Phi) is 4.13. The normalized spacial score (nSPS) is 29.0. The molecule has 21 heavy (non-hydrogen) atoms. The van der Waals surface area contributed by atoms with Gasteiger partial charge in [-0.15, -0.1) is 11.8 Å². The third-order valence-corrected chi connectivity index (χ3v) is 5.13. The van der Waals surface area contributed by atoms with Gasteiger partial charge in [-0.3, -0.25) is 14.9 Å². The number of nitrogens with two attached hydrogens (primary N) is 1. The van der Waals surface area contributed by atoms with Crippen molar-refractivity contribution in [1.82, 2.24) is 10.2 Å². The van der Waals surface area contributed by atoms with E-state index < -0.39 is 30.1 Å². The van der Waals surface area contributed by atoms with Crippen LogP contribution >= 0.6 is 11.8 Å². The number of urea groups is 1. The first-order valence-electron chi connectivity index (χ1n) is 6.51. The van der Waals surface area contributed by atoms with Gasteiger partial charge in [-0.05, 0) is 20.3 Å². The predicted molar refractivity (Wildman–Crippen MR) is 74.0 cm³/mol. The number of hydrogen-bond acceptors (Lipinski definition) is 6. The monoisotopic (exact) mass is 315 g/mol. The lowest BCUT2D eigenvalue weighted by Crippen LogP contribution is -2.49. The number of amides is 4. The molecule has 0 aromatic carbocycles. The van der Waals surface area contributed by atoms with Gasteiger partial charge in [0.2, 0.25) is 5.91 Å². The number of nitrogens with zero attached hydrogens (tertiary/aromatic N) is 1. The van der Waals surface area contributed by atoms with Crippen LogP contribution in [0.3, 0.4) is 0 Å². The Balaban J connectivity index is 1.99. The third kappa shape index (κ3) is 2.97. The van der Waals surface area contributed by atoms with Crippen LogP contribution in [0.5, 0.6) is 0 Å². The molecule has 0 saturated carbocycles. The number of hydrogen-bond donors (Lipinski definition) is 2. The zero-order chi connectivity index (χ0) is 15.8. The molecule has 0 radical (unpaired) electrons. The summed E-state index contributed by atoms with van der Waals surface area (Å²) in [5, 5.41) is 1.84. The minimum atomic E-state index is -1.15. The first-order valence-corrected chi connectivity index (χ1v) is 7.50. The van der Waals surface area contributed by atoms with E-state index in [1.807, 2.05) is 12.2 Å². The van der Waals surface area contributed by atoms with Gasteiger partial charge in [0.05, 0.1) is 4.87 Å². The largest absolute Gasteiger partial charge is 0.451 e. The quantitative estimate of drug-likeness (QED) is 0.682. The summed E-state index contributed by atoms with van der Waals surface area (Å²) in [5.74, 6) is -1.09. The van der Waals surface area contributed by atoms with E-state index in [9.17, 15) is 19.2 Å².